The van der Waals surface area contributed by atoms with Crippen molar-refractivity contribution in [3.8, 4) is 11.3 Å². The molecule has 3 aromatic rings. The Morgan fingerprint density at radius 3 is 2.58 bits per heavy atom. The Balaban J connectivity index is 1.49. The first-order valence-electron chi connectivity index (χ1n) is 8.77. The van der Waals surface area contributed by atoms with Crippen molar-refractivity contribution in [3.05, 3.63) is 78.0 Å². The number of morpholine rings is 1. The first-order chi connectivity index (χ1) is 12.8. The van der Waals surface area contributed by atoms with Gasteiger partial charge in [-0.15, -0.1) is 0 Å². The highest BCUT2D eigenvalue weighted by molar-refractivity contribution is 5.58. The quantitative estimate of drug-likeness (QED) is 0.720. The van der Waals surface area contributed by atoms with E-state index in [0.717, 1.165) is 48.9 Å². The number of benzene rings is 2. The zero-order chi connectivity index (χ0) is 17.8. The Hall–Kier alpha value is -2.79. The lowest BCUT2D eigenvalue weighted by molar-refractivity contribution is 0.122. The van der Waals surface area contributed by atoms with Crippen molar-refractivity contribution in [1.29, 1.82) is 0 Å². The van der Waals surface area contributed by atoms with E-state index in [1.54, 1.807) is 18.3 Å². The van der Waals surface area contributed by atoms with Crippen molar-refractivity contribution in [1.82, 2.24) is 9.97 Å². The van der Waals surface area contributed by atoms with Crippen molar-refractivity contribution in [2.75, 3.05) is 31.2 Å². The van der Waals surface area contributed by atoms with E-state index in [4.69, 9.17) is 4.74 Å². The van der Waals surface area contributed by atoms with Gasteiger partial charge in [-0.05, 0) is 35.9 Å². The molecule has 1 fully saturated rings. The Morgan fingerprint density at radius 2 is 1.81 bits per heavy atom. The maximum absolute atomic E-state index is 13.4. The van der Waals surface area contributed by atoms with Crippen LogP contribution >= 0.6 is 0 Å². The number of ether oxygens (including phenoxy) is 1. The monoisotopic (exact) mass is 349 g/mol. The lowest BCUT2D eigenvalue weighted by Gasteiger charge is -2.28. The third-order valence-corrected chi connectivity index (χ3v) is 4.50. The Morgan fingerprint density at radius 1 is 1.00 bits per heavy atom. The van der Waals surface area contributed by atoms with Crippen LogP contribution in [-0.2, 0) is 11.2 Å². The topological polar surface area (TPSA) is 38.2 Å². The Labute approximate surface area is 152 Å². The minimum absolute atomic E-state index is 0.263. The van der Waals surface area contributed by atoms with Crippen LogP contribution < -0.4 is 4.90 Å². The van der Waals surface area contributed by atoms with E-state index in [1.165, 1.54) is 17.8 Å². The van der Waals surface area contributed by atoms with Crippen LogP contribution in [0.3, 0.4) is 0 Å². The highest BCUT2D eigenvalue weighted by Gasteiger charge is 2.11. The third kappa shape index (κ3) is 3.89. The summed E-state index contributed by atoms with van der Waals surface area (Å²) < 4.78 is 18.8. The molecular formula is C21H20FN3O. The summed E-state index contributed by atoms with van der Waals surface area (Å²) in [6.07, 6.45) is 2.37. The van der Waals surface area contributed by atoms with Gasteiger partial charge in [0.25, 0.3) is 0 Å². The summed E-state index contributed by atoms with van der Waals surface area (Å²) in [4.78, 5) is 11.3. The van der Waals surface area contributed by atoms with E-state index in [0.29, 0.717) is 6.42 Å². The fourth-order valence-corrected chi connectivity index (χ4v) is 3.12. The van der Waals surface area contributed by atoms with Crippen LogP contribution in [0.1, 0.15) is 11.4 Å². The minimum Gasteiger partial charge on any atom is -0.378 e. The maximum atomic E-state index is 13.4. The van der Waals surface area contributed by atoms with Gasteiger partial charge in [0, 0.05) is 37.0 Å². The highest BCUT2D eigenvalue weighted by Crippen LogP contribution is 2.20. The molecule has 2 aromatic carbocycles. The van der Waals surface area contributed by atoms with Gasteiger partial charge in [0.1, 0.15) is 11.6 Å². The average molecular weight is 349 g/mol. The van der Waals surface area contributed by atoms with E-state index in [2.05, 4.69) is 39.1 Å². The first-order valence-corrected chi connectivity index (χ1v) is 8.77. The fraction of sp³-hybridized carbons (Fsp3) is 0.238. The zero-order valence-electron chi connectivity index (χ0n) is 14.4. The molecule has 0 saturated carbocycles. The predicted molar refractivity (Wildman–Crippen MR) is 99.7 cm³/mol. The van der Waals surface area contributed by atoms with Crippen LogP contribution in [0.2, 0.25) is 0 Å². The molecular weight excluding hydrogens is 329 g/mol. The molecule has 0 amide bonds. The van der Waals surface area contributed by atoms with E-state index < -0.39 is 0 Å². The second-order valence-corrected chi connectivity index (χ2v) is 6.31. The molecule has 0 atom stereocenters. The highest BCUT2D eigenvalue weighted by atomic mass is 19.1. The van der Waals surface area contributed by atoms with Crippen molar-refractivity contribution in [2.24, 2.45) is 0 Å². The first kappa shape index (κ1) is 16.7. The number of aromatic nitrogens is 2. The van der Waals surface area contributed by atoms with E-state index in [-0.39, 0.29) is 5.82 Å². The van der Waals surface area contributed by atoms with Crippen LogP contribution in [0.4, 0.5) is 10.1 Å². The fourth-order valence-electron chi connectivity index (χ4n) is 3.12. The van der Waals surface area contributed by atoms with Crippen LogP contribution in [0, 0.1) is 5.82 Å². The van der Waals surface area contributed by atoms with Crippen molar-refractivity contribution in [3.63, 3.8) is 0 Å². The predicted octanol–water partition coefficient (Wildman–Crippen LogP) is 3.71. The molecule has 1 saturated heterocycles. The molecule has 4 rings (SSSR count). The van der Waals surface area contributed by atoms with Crippen molar-refractivity contribution in [2.45, 2.75) is 6.42 Å². The van der Waals surface area contributed by atoms with Crippen LogP contribution in [-0.4, -0.2) is 36.3 Å². The summed E-state index contributed by atoms with van der Waals surface area (Å²) in [6.45, 7) is 3.42. The normalized spacial score (nSPS) is 14.4. The molecule has 0 unspecified atom stereocenters. The van der Waals surface area contributed by atoms with Crippen LogP contribution in [0.5, 0.6) is 0 Å². The molecule has 4 nitrogen and oxygen atoms in total. The summed E-state index contributed by atoms with van der Waals surface area (Å²) in [5, 5.41) is 0. The molecule has 26 heavy (non-hydrogen) atoms. The summed E-state index contributed by atoms with van der Waals surface area (Å²) >= 11 is 0. The lowest BCUT2D eigenvalue weighted by Crippen LogP contribution is -2.36. The van der Waals surface area contributed by atoms with Gasteiger partial charge in [-0.2, -0.15) is 0 Å². The summed E-state index contributed by atoms with van der Waals surface area (Å²) in [5.41, 5.74) is 3.86. The van der Waals surface area contributed by atoms with Gasteiger partial charge >= 0.3 is 0 Å². The lowest BCUT2D eigenvalue weighted by atomic mass is 10.1. The second-order valence-electron chi connectivity index (χ2n) is 6.31. The molecule has 0 N–H and O–H groups in total. The second kappa shape index (κ2) is 7.62. The number of hydrogen-bond donors (Lipinski definition) is 0. The number of anilines is 1. The SMILES string of the molecule is Fc1cccc(-c2ccnc(Cc3ccc(N4CCOCC4)cc3)n2)c1. The molecule has 0 bridgehead atoms. The van der Waals surface area contributed by atoms with E-state index in [9.17, 15) is 4.39 Å². The largest absolute Gasteiger partial charge is 0.378 e. The van der Waals surface area contributed by atoms with Gasteiger partial charge in [0.2, 0.25) is 0 Å². The number of nitrogens with zero attached hydrogens (tertiary/aromatic N) is 3. The van der Waals surface area contributed by atoms with E-state index >= 15 is 0 Å². The minimum atomic E-state index is -0.263. The van der Waals surface area contributed by atoms with E-state index in [1.807, 2.05) is 6.07 Å². The number of rotatable bonds is 4. The standard InChI is InChI=1S/C21H20FN3O/c22-18-3-1-2-17(15-18)20-8-9-23-21(24-20)14-16-4-6-19(7-5-16)25-10-12-26-13-11-25/h1-9,15H,10-14H2. The average Bonchev–Trinajstić information content (AvgIpc) is 2.69. The molecule has 1 aromatic heterocycles. The molecule has 5 heteroatoms. The van der Waals surface area contributed by atoms with Crippen LogP contribution in [0.25, 0.3) is 11.3 Å². The molecule has 2 heterocycles. The molecule has 132 valence electrons. The number of hydrogen-bond acceptors (Lipinski definition) is 4. The molecule has 0 spiro atoms. The van der Waals surface area contributed by atoms with Gasteiger partial charge in [-0.3, -0.25) is 0 Å². The third-order valence-electron chi connectivity index (χ3n) is 4.50. The van der Waals surface area contributed by atoms with Gasteiger partial charge in [-0.1, -0.05) is 24.3 Å². The summed E-state index contributed by atoms with van der Waals surface area (Å²) in [5.74, 6) is 0.465. The Kier molecular flexibility index (Phi) is 4.88. The molecule has 1 aliphatic heterocycles. The molecule has 0 radical (unpaired) electrons. The summed E-state index contributed by atoms with van der Waals surface area (Å²) in [7, 11) is 0. The smallest absolute Gasteiger partial charge is 0.133 e. The van der Waals surface area contributed by atoms with Gasteiger partial charge in [0.15, 0.2) is 0 Å². The Bertz CT molecular complexity index is 876. The van der Waals surface area contributed by atoms with Crippen molar-refractivity contribution >= 4 is 5.69 Å². The summed E-state index contributed by atoms with van der Waals surface area (Å²) in [6, 6.07) is 16.8. The van der Waals surface area contributed by atoms with Crippen molar-refractivity contribution < 1.29 is 9.13 Å². The zero-order valence-corrected chi connectivity index (χ0v) is 14.4. The van der Waals surface area contributed by atoms with Gasteiger partial charge < -0.3 is 9.64 Å². The van der Waals surface area contributed by atoms with Gasteiger partial charge in [0.05, 0.1) is 18.9 Å². The maximum Gasteiger partial charge on any atom is 0.133 e. The van der Waals surface area contributed by atoms with Crippen LogP contribution in [0.15, 0.2) is 60.8 Å². The molecule has 0 aliphatic carbocycles. The molecule has 1 aliphatic rings. The number of halogens is 1. The van der Waals surface area contributed by atoms with Gasteiger partial charge in [-0.25, -0.2) is 14.4 Å².